The van der Waals surface area contributed by atoms with Crippen LogP contribution in [0.3, 0.4) is 0 Å². The summed E-state index contributed by atoms with van der Waals surface area (Å²) in [6.45, 7) is 3.19. The lowest BCUT2D eigenvalue weighted by atomic mass is 10.1. The van der Waals surface area contributed by atoms with Gasteiger partial charge in [-0.2, -0.15) is 0 Å². The highest BCUT2D eigenvalue weighted by Gasteiger charge is 2.24. The molecule has 0 aromatic carbocycles. The Bertz CT molecular complexity index is 749. The first-order chi connectivity index (χ1) is 11.2. The van der Waals surface area contributed by atoms with Crippen LogP contribution < -0.4 is 5.56 Å². The average molecular weight is 313 g/mol. The number of hydrogen-bond acceptors (Lipinski definition) is 4. The molecule has 1 fully saturated rings. The smallest absolute Gasteiger partial charge is 0.283 e. The highest BCUT2D eigenvalue weighted by molar-refractivity contribution is 5.94. The lowest BCUT2D eigenvalue weighted by Crippen LogP contribution is -2.40. The number of hydroxylamine groups is 2. The van der Waals surface area contributed by atoms with E-state index in [0.717, 1.165) is 18.4 Å². The van der Waals surface area contributed by atoms with E-state index >= 15 is 0 Å². The second-order valence-electron chi connectivity index (χ2n) is 5.62. The number of carbonyl (C=O) groups excluding carboxylic acids is 1. The molecule has 1 aliphatic rings. The van der Waals surface area contributed by atoms with E-state index in [0.29, 0.717) is 25.3 Å². The van der Waals surface area contributed by atoms with Crippen LogP contribution in [0.4, 0.5) is 0 Å². The fourth-order valence-corrected chi connectivity index (χ4v) is 2.62. The van der Waals surface area contributed by atoms with Crippen molar-refractivity contribution in [3.8, 4) is 0 Å². The fraction of sp³-hybridized carbons (Fsp3) is 0.353. The van der Waals surface area contributed by atoms with E-state index in [9.17, 15) is 9.59 Å². The molecule has 2 aromatic rings. The van der Waals surface area contributed by atoms with Gasteiger partial charge in [0.1, 0.15) is 5.56 Å². The number of rotatable bonds is 3. The molecule has 6 nitrogen and oxygen atoms in total. The molecule has 6 heteroatoms. The standard InChI is InChI=1S/C17H19N3O3/c1-13-6-9-19(12-14-5-4-7-18-11-14)16(21)15(13)17(22)20-8-2-3-10-23-20/h4-7,9,11H,2-3,8,10,12H2,1H3. The molecule has 0 atom stereocenters. The first kappa shape index (κ1) is 15.4. The molecular weight excluding hydrogens is 294 g/mol. The Labute approximate surface area is 134 Å². The lowest BCUT2D eigenvalue weighted by Gasteiger charge is -2.26. The van der Waals surface area contributed by atoms with Crippen LogP contribution in [0.1, 0.15) is 34.3 Å². The van der Waals surface area contributed by atoms with Gasteiger partial charge in [-0.05, 0) is 43.0 Å². The Hall–Kier alpha value is -2.47. The molecule has 0 aliphatic carbocycles. The van der Waals surface area contributed by atoms with Crippen LogP contribution in [0.15, 0.2) is 41.6 Å². The van der Waals surface area contributed by atoms with E-state index in [-0.39, 0.29) is 17.0 Å². The Morgan fingerprint density at radius 3 is 2.91 bits per heavy atom. The summed E-state index contributed by atoms with van der Waals surface area (Å²) < 4.78 is 1.53. The summed E-state index contributed by atoms with van der Waals surface area (Å²) in [7, 11) is 0. The van der Waals surface area contributed by atoms with Gasteiger partial charge in [-0.25, -0.2) is 5.06 Å². The molecule has 2 aromatic heterocycles. The molecule has 0 unspecified atom stereocenters. The molecule has 0 N–H and O–H groups in total. The predicted molar refractivity (Wildman–Crippen MR) is 85.0 cm³/mol. The molecule has 120 valence electrons. The van der Waals surface area contributed by atoms with E-state index in [4.69, 9.17) is 4.84 Å². The van der Waals surface area contributed by atoms with Gasteiger partial charge in [0.05, 0.1) is 13.2 Å². The molecular formula is C17H19N3O3. The van der Waals surface area contributed by atoms with Crippen molar-refractivity contribution >= 4 is 5.91 Å². The molecule has 0 bridgehead atoms. The predicted octanol–water partition coefficient (Wildman–Crippen LogP) is 1.77. The number of nitrogens with zero attached hydrogens (tertiary/aromatic N) is 3. The summed E-state index contributed by atoms with van der Waals surface area (Å²) in [4.78, 5) is 34.8. The second-order valence-corrected chi connectivity index (χ2v) is 5.62. The maximum atomic E-state index is 12.7. The normalized spacial score (nSPS) is 14.7. The van der Waals surface area contributed by atoms with Gasteiger partial charge in [0, 0.05) is 25.1 Å². The highest BCUT2D eigenvalue weighted by atomic mass is 16.7. The molecule has 1 saturated heterocycles. The first-order valence-electron chi connectivity index (χ1n) is 7.70. The molecule has 1 amide bonds. The summed E-state index contributed by atoms with van der Waals surface area (Å²) in [5.41, 5.74) is 1.45. The van der Waals surface area contributed by atoms with Crippen LogP contribution in [-0.4, -0.2) is 33.7 Å². The topological polar surface area (TPSA) is 64.4 Å². The number of pyridine rings is 2. The van der Waals surface area contributed by atoms with Crippen molar-refractivity contribution in [3.05, 3.63) is 63.8 Å². The van der Waals surface area contributed by atoms with Crippen molar-refractivity contribution < 1.29 is 9.63 Å². The molecule has 0 radical (unpaired) electrons. The molecule has 0 saturated carbocycles. The van der Waals surface area contributed by atoms with E-state index in [1.165, 1.54) is 9.63 Å². The third-order valence-corrected chi connectivity index (χ3v) is 3.89. The van der Waals surface area contributed by atoms with E-state index in [1.807, 2.05) is 12.1 Å². The van der Waals surface area contributed by atoms with E-state index in [2.05, 4.69) is 4.98 Å². The fourth-order valence-electron chi connectivity index (χ4n) is 2.62. The molecule has 1 aliphatic heterocycles. The first-order valence-corrected chi connectivity index (χ1v) is 7.70. The van der Waals surface area contributed by atoms with Crippen LogP contribution in [0.5, 0.6) is 0 Å². The lowest BCUT2D eigenvalue weighted by molar-refractivity contribution is -0.144. The van der Waals surface area contributed by atoms with Crippen molar-refractivity contribution in [2.75, 3.05) is 13.2 Å². The van der Waals surface area contributed by atoms with Gasteiger partial charge < -0.3 is 4.57 Å². The van der Waals surface area contributed by atoms with E-state index < -0.39 is 0 Å². The average Bonchev–Trinajstić information content (AvgIpc) is 2.59. The number of aryl methyl sites for hydroxylation is 1. The van der Waals surface area contributed by atoms with Crippen LogP contribution >= 0.6 is 0 Å². The zero-order valence-electron chi connectivity index (χ0n) is 13.1. The van der Waals surface area contributed by atoms with Crippen molar-refractivity contribution in [1.82, 2.24) is 14.6 Å². The molecule has 0 spiro atoms. The quantitative estimate of drug-likeness (QED) is 0.866. The van der Waals surface area contributed by atoms with Gasteiger partial charge in [0.25, 0.3) is 11.5 Å². The zero-order chi connectivity index (χ0) is 16.2. The Morgan fingerprint density at radius 2 is 2.22 bits per heavy atom. The minimum atomic E-state index is -0.354. The summed E-state index contributed by atoms with van der Waals surface area (Å²) in [6, 6.07) is 5.51. The zero-order valence-corrected chi connectivity index (χ0v) is 13.1. The van der Waals surface area contributed by atoms with Gasteiger partial charge in [0.2, 0.25) is 0 Å². The Kier molecular flexibility index (Phi) is 4.52. The van der Waals surface area contributed by atoms with Crippen LogP contribution in [0, 0.1) is 6.92 Å². The Balaban J connectivity index is 1.92. The van der Waals surface area contributed by atoms with Gasteiger partial charge in [-0.15, -0.1) is 0 Å². The summed E-state index contributed by atoms with van der Waals surface area (Å²) >= 11 is 0. The number of amides is 1. The molecule has 3 rings (SSSR count). The van der Waals surface area contributed by atoms with Crippen LogP contribution in [0.25, 0.3) is 0 Å². The number of carbonyl (C=O) groups is 1. The van der Waals surface area contributed by atoms with Crippen LogP contribution in [-0.2, 0) is 11.4 Å². The summed E-state index contributed by atoms with van der Waals surface area (Å²) in [5, 5.41) is 1.31. The Morgan fingerprint density at radius 1 is 1.35 bits per heavy atom. The molecule has 23 heavy (non-hydrogen) atoms. The van der Waals surface area contributed by atoms with Gasteiger partial charge in [-0.1, -0.05) is 6.07 Å². The third-order valence-electron chi connectivity index (χ3n) is 3.89. The van der Waals surface area contributed by atoms with Crippen LogP contribution in [0.2, 0.25) is 0 Å². The van der Waals surface area contributed by atoms with Gasteiger partial charge in [0.15, 0.2) is 0 Å². The largest absolute Gasteiger partial charge is 0.310 e. The SMILES string of the molecule is Cc1ccn(Cc2cccnc2)c(=O)c1C(=O)N1CCCCO1. The minimum absolute atomic E-state index is 0.179. The monoisotopic (exact) mass is 313 g/mol. The van der Waals surface area contributed by atoms with Crippen molar-refractivity contribution in [2.24, 2.45) is 0 Å². The highest BCUT2D eigenvalue weighted by Crippen LogP contribution is 2.12. The number of hydrogen-bond donors (Lipinski definition) is 0. The minimum Gasteiger partial charge on any atom is -0.310 e. The summed E-state index contributed by atoms with van der Waals surface area (Å²) in [6.07, 6.45) is 6.92. The number of aromatic nitrogens is 2. The maximum absolute atomic E-state index is 12.7. The van der Waals surface area contributed by atoms with Crippen molar-refractivity contribution in [1.29, 1.82) is 0 Å². The van der Waals surface area contributed by atoms with Gasteiger partial charge >= 0.3 is 0 Å². The van der Waals surface area contributed by atoms with Gasteiger partial charge in [-0.3, -0.25) is 19.4 Å². The maximum Gasteiger partial charge on any atom is 0.283 e. The van der Waals surface area contributed by atoms with Crippen molar-refractivity contribution in [2.45, 2.75) is 26.3 Å². The third kappa shape index (κ3) is 3.32. The van der Waals surface area contributed by atoms with Crippen molar-refractivity contribution in [3.63, 3.8) is 0 Å². The molecule has 3 heterocycles. The van der Waals surface area contributed by atoms with E-state index in [1.54, 1.807) is 31.6 Å². The second kappa shape index (κ2) is 6.75. The summed E-state index contributed by atoms with van der Waals surface area (Å²) in [5.74, 6) is -0.354.